The van der Waals surface area contributed by atoms with Gasteiger partial charge in [0.05, 0.1) is 22.3 Å². The zero-order valence-electron chi connectivity index (χ0n) is 18.0. The van der Waals surface area contributed by atoms with E-state index in [1.807, 2.05) is 19.1 Å². The largest absolute Gasteiger partial charge is 0.387 e. The Kier molecular flexibility index (Phi) is 6.07. The maximum absolute atomic E-state index is 13.2. The van der Waals surface area contributed by atoms with Crippen LogP contribution in [0.15, 0.2) is 47.4 Å². The molecule has 0 spiro atoms. The number of nitrogens with zero attached hydrogens (tertiary/aromatic N) is 2. The fourth-order valence-corrected chi connectivity index (χ4v) is 4.94. The molecule has 2 aliphatic heterocycles. The van der Waals surface area contributed by atoms with E-state index in [2.05, 4.69) is 0 Å². The molecule has 2 amide bonds. The number of ether oxygens (including phenoxy) is 1. The summed E-state index contributed by atoms with van der Waals surface area (Å²) in [6.45, 7) is 2.05. The first kappa shape index (κ1) is 22.4. The zero-order chi connectivity index (χ0) is 23.0. The highest BCUT2D eigenvalue weighted by Crippen LogP contribution is 2.39. The summed E-state index contributed by atoms with van der Waals surface area (Å²) >= 11 is 0. The van der Waals surface area contributed by atoms with E-state index in [1.165, 1.54) is 4.90 Å². The number of rotatable bonds is 4. The Morgan fingerprint density at radius 2 is 1.78 bits per heavy atom. The molecular weight excluding hydrogens is 432 g/mol. The number of hydrogen-bond donors (Lipinski definition) is 1. The molecule has 2 aromatic rings. The molecule has 2 atom stereocenters. The molecule has 32 heavy (non-hydrogen) atoms. The molecule has 0 aliphatic carbocycles. The van der Waals surface area contributed by atoms with Crippen molar-refractivity contribution in [2.75, 3.05) is 35.8 Å². The number of carbonyl (C=O) groups excluding carboxylic acids is 2. The zero-order valence-corrected chi connectivity index (χ0v) is 18.8. The van der Waals surface area contributed by atoms with Crippen molar-refractivity contribution >= 4 is 33.0 Å². The summed E-state index contributed by atoms with van der Waals surface area (Å²) in [5.41, 5.74) is 2.67. The molecule has 1 N–H and O–H groups in total. The number of carbonyl (C=O) groups is 2. The Bertz CT molecular complexity index is 1140. The molecule has 2 aliphatic rings. The Balaban J connectivity index is 1.78. The molecule has 0 bridgehead atoms. The smallest absolute Gasteiger partial charge is 0.256 e. The van der Waals surface area contributed by atoms with Crippen LogP contribution in [0.4, 0.5) is 11.4 Å². The summed E-state index contributed by atoms with van der Waals surface area (Å²) in [6, 6.07) is 11.6. The number of fused-ring (bicyclic) bond motifs is 1. The summed E-state index contributed by atoms with van der Waals surface area (Å²) in [5.74, 6) is -0.579. The monoisotopic (exact) mass is 458 g/mol. The van der Waals surface area contributed by atoms with E-state index in [9.17, 15) is 23.1 Å². The van der Waals surface area contributed by atoms with E-state index >= 15 is 0 Å². The topological polar surface area (TPSA) is 104 Å². The highest BCUT2D eigenvalue weighted by atomic mass is 32.2. The molecule has 2 heterocycles. The molecule has 0 aromatic heterocycles. The van der Waals surface area contributed by atoms with E-state index in [0.717, 1.165) is 23.8 Å². The number of anilines is 2. The summed E-state index contributed by atoms with van der Waals surface area (Å²) in [5, 5.41) is 9.46. The van der Waals surface area contributed by atoms with Crippen molar-refractivity contribution < 1.29 is 27.9 Å². The van der Waals surface area contributed by atoms with Crippen molar-refractivity contribution in [1.82, 2.24) is 0 Å². The average molecular weight is 459 g/mol. The van der Waals surface area contributed by atoms with Gasteiger partial charge in [-0.15, -0.1) is 0 Å². The Hall–Kier alpha value is -2.75. The van der Waals surface area contributed by atoms with Gasteiger partial charge in [-0.2, -0.15) is 0 Å². The fourth-order valence-electron chi connectivity index (χ4n) is 4.31. The SMILES string of the molecule is C[C@H]1CN(C(=O)C2CCCO2)c2cc(-c3ccc(S(C)(=O)=O)cc3)ccc2N1C(=O)CO. The molecule has 170 valence electrons. The van der Waals surface area contributed by atoms with Crippen LogP contribution in [0, 0.1) is 0 Å². The van der Waals surface area contributed by atoms with Gasteiger partial charge in [0, 0.05) is 19.4 Å². The van der Waals surface area contributed by atoms with Gasteiger partial charge in [0.1, 0.15) is 12.7 Å². The second-order valence-corrected chi connectivity index (χ2v) is 10.2. The Morgan fingerprint density at radius 1 is 1.09 bits per heavy atom. The molecule has 1 saturated heterocycles. The first-order valence-corrected chi connectivity index (χ1v) is 12.4. The molecule has 8 nitrogen and oxygen atoms in total. The van der Waals surface area contributed by atoms with Crippen molar-refractivity contribution in [2.45, 2.75) is 36.8 Å². The second-order valence-electron chi connectivity index (χ2n) is 8.22. The second kappa shape index (κ2) is 8.65. The molecule has 2 aromatic carbocycles. The molecular formula is C23H26N2O6S. The predicted octanol–water partition coefficient (Wildman–Crippen LogP) is 2.00. The van der Waals surface area contributed by atoms with Gasteiger partial charge in [-0.05, 0) is 55.2 Å². The highest BCUT2D eigenvalue weighted by Gasteiger charge is 2.38. The van der Waals surface area contributed by atoms with Crippen LogP contribution >= 0.6 is 0 Å². The van der Waals surface area contributed by atoms with Crippen LogP contribution in [-0.4, -0.2) is 63.5 Å². The number of aliphatic hydroxyl groups is 1. The third-order valence-corrected chi connectivity index (χ3v) is 7.03. The van der Waals surface area contributed by atoms with Gasteiger partial charge in [-0.1, -0.05) is 18.2 Å². The van der Waals surface area contributed by atoms with Crippen molar-refractivity contribution in [2.24, 2.45) is 0 Å². The minimum absolute atomic E-state index is 0.142. The molecule has 1 unspecified atom stereocenters. The van der Waals surface area contributed by atoms with Crippen molar-refractivity contribution in [3.63, 3.8) is 0 Å². The van der Waals surface area contributed by atoms with E-state index in [0.29, 0.717) is 24.4 Å². The fraction of sp³-hybridized carbons (Fsp3) is 0.391. The summed E-state index contributed by atoms with van der Waals surface area (Å²) in [7, 11) is -3.31. The summed E-state index contributed by atoms with van der Waals surface area (Å²) < 4.78 is 29.1. The third-order valence-electron chi connectivity index (χ3n) is 5.90. The number of benzene rings is 2. The standard InChI is InChI=1S/C23H26N2O6S/c1-15-13-24(23(28)21-4-3-11-31-21)20-12-17(7-10-19(20)25(15)22(27)14-26)16-5-8-18(9-6-16)32(2,29)30/h5-10,12,15,21,26H,3-4,11,13-14H2,1-2H3/t15-,21?/m0/s1. The van der Waals surface area contributed by atoms with E-state index in [1.54, 1.807) is 35.2 Å². The molecule has 1 fully saturated rings. The molecule has 9 heteroatoms. The number of hydrogen-bond acceptors (Lipinski definition) is 6. The summed E-state index contributed by atoms with van der Waals surface area (Å²) in [4.78, 5) is 29.1. The minimum atomic E-state index is -3.31. The maximum atomic E-state index is 13.2. The van der Waals surface area contributed by atoms with Gasteiger partial charge >= 0.3 is 0 Å². The van der Waals surface area contributed by atoms with Gasteiger partial charge in [-0.25, -0.2) is 8.42 Å². The Morgan fingerprint density at radius 3 is 2.38 bits per heavy atom. The number of amides is 2. The van der Waals surface area contributed by atoms with Crippen LogP contribution in [0.3, 0.4) is 0 Å². The number of aliphatic hydroxyl groups excluding tert-OH is 1. The van der Waals surface area contributed by atoms with Crippen LogP contribution in [0.5, 0.6) is 0 Å². The van der Waals surface area contributed by atoms with E-state index < -0.39 is 28.5 Å². The van der Waals surface area contributed by atoms with Crippen LogP contribution in [0.1, 0.15) is 19.8 Å². The maximum Gasteiger partial charge on any atom is 0.256 e. The van der Waals surface area contributed by atoms with E-state index in [-0.39, 0.29) is 23.4 Å². The summed E-state index contributed by atoms with van der Waals surface area (Å²) in [6.07, 6.45) is 2.14. The highest BCUT2D eigenvalue weighted by molar-refractivity contribution is 7.90. The number of sulfone groups is 1. The lowest BCUT2D eigenvalue weighted by Crippen LogP contribution is -2.54. The first-order valence-electron chi connectivity index (χ1n) is 10.5. The quantitative estimate of drug-likeness (QED) is 0.752. The normalized spacial score (nSPS) is 20.8. The van der Waals surface area contributed by atoms with Crippen molar-refractivity contribution in [1.29, 1.82) is 0 Å². The van der Waals surface area contributed by atoms with Crippen LogP contribution in [-0.2, 0) is 24.2 Å². The van der Waals surface area contributed by atoms with Crippen LogP contribution in [0.2, 0.25) is 0 Å². The lowest BCUT2D eigenvalue weighted by Gasteiger charge is -2.41. The molecule has 4 rings (SSSR count). The van der Waals surface area contributed by atoms with Gasteiger partial charge < -0.3 is 19.6 Å². The van der Waals surface area contributed by atoms with Gasteiger partial charge in [0.25, 0.3) is 11.8 Å². The molecule has 0 radical (unpaired) electrons. The predicted molar refractivity (Wildman–Crippen MR) is 120 cm³/mol. The van der Waals surface area contributed by atoms with Gasteiger partial charge in [0.15, 0.2) is 9.84 Å². The van der Waals surface area contributed by atoms with E-state index in [4.69, 9.17) is 4.74 Å². The van der Waals surface area contributed by atoms with Crippen molar-refractivity contribution in [3.8, 4) is 11.1 Å². The van der Waals surface area contributed by atoms with Crippen LogP contribution in [0.25, 0.3) is 11.1 Å². The minimum Gasteiger partial charge on any atom is -0.387 e. The van der Waals surface area contributed by atoms with Crippen molar-refractivity contribution in [3.05, 3.63) is 42.5 Å². The van der Waals surface area contributed by atoms with Gasteiger partial charge in [-0.3, -0.25) is 9.59 Å². The van der Waals surface area contributed by atoms with Gasteiger partial charge in [0.2, 0.25) is 0 Å². The lowest BCUT2D eigenvalue weighted by atomic mass is 10.00. The Labute approximate surface area is 187 Å². The average Bonchev–Trinajstić information content (AvgIpc) is 3.32. The van der Waals surface area contributed by atoms with Crippen LogP contribution < -0.4 is 9.80 Å². The third kappa shape index (κ3) is 4.15. The lowest BCUT2D eigenvalue weighted by molar-refractivity contribution is -0.128. The molecule has 0 saturated carbocycles. The first-order chi connectivity index (χ1) is 15.2.